The Hall–Kier alpha value is -2.88. The number of carbonyl (C=O) groups is 1. The Kier molecular flexibility index (Phi) is 3.74. The van der Waals surface area contributed by atoms with Crippen molar-refractivity contribution in [2.24, 2.45) is 0 Å². The summed E-state index contributed by atoms with van der Waals surface area (Å²) in [5, 5.41) is 15.3. The van der Waals surface area contributed by atoms with Crippen LogP contribution in [0.1, 0.15) is 27.2 Å². The van der Waals surface area contributed by atoms with E-state index in [2.05, 4.69) is 22.4 Å². The molecular formula is C19H17N2O2-. The number of carbonyl (C=O) groups excluding carboxylic acids is 1. The normalized spacial score (nSPS) is 10.7. The van der Waals surface area contributed by atoms with E-state index in [-0.39, 0.29) is 5.56 Å². The van der Waals surface area contributed by atoms with E-state index in [1.54, 1.807) is 12.1 Å². The Morgan fingerprint density at radius 1 is 1.09 bits per heavy atom. The maximum Gasteiger partial charge on any atom is 0.0755 e. The van der Waals surface area contributed by atoms with Gasteiger partial charge < -0.3 is 15.2 Å². The lowest BCUT2D eigenvalue weighted by Gasteiger charge is -2.14. The smallest absolute Gasteiger partial charge is 0.0755 e. The molecule has 0 bridgehead atoms. The maximum absolute atomic E-state index is 11.0. The first kappa shape index (κ1) is 15.0. The van der Waals surface area contributed by atoms with Crippen LogP contribution < -0.4 is 10.4 Å². The second-order valence-corrected chi connectivity index (χ2v) is 5.78. The number of aryl methyl sites for hydroxylation is 3. The summed E-state index contributed by atoms with van der Waals surface area (Å²) in [4.78, 5) is 15.6. The fourth-order valence-electron chi connectivity index (χ4n) is 2.79. The molecular weight excluding hydrogens is 288 g/mol. The van der Waals surface area contributed by atoms with E-state index < -0.39 is 5.97 Å². The van der Waals surface area contributed by atoms with Gasteiger partial charge in [-0.15, -0.1) is 0 Å². The summed E-state index contributed by atoms with van der Waals surface area (Å²) in [6.45, 7) is 6.04. The van der Waals surface area contributed by atoms with Gasteiger partial charge in [0.1, 0.15) is 0 Å². The third-order valence-electron chi connectivity index (χ3n) is 3.75. The highest BCUT2D eigenvalue weighted by Crippen LogP contribution is 2.29. The van der Waals surface area contributed by atoms with Crippen molar-refractivity contribution in [2.45, 2.75) is 20.8 Å². The molecule has 0 fully saturated rings. The predicted molar refractivity (Wildman–Crippen MR) is 90.0 cm³/mol. The molecule has 0 aliphatic carbocycles. The molecule has 1 heterocycles. The molecule has 116 valence electrons. The van der Waals surface area contributed by atoms with E-state index in [1.165, 1.54) is 6.07 Å². The third-order valence-corrected chi connectivity index (χ3v) is 3.75. The Morgan fingerprint density at radius 2 is 1.87 bits per heavy atom. The van der Waals surface area contributed by atoms with Crippen molar-refractivity contribution in [3.05, 3.63) is 64.8 Å². The first-order valence-corrected chi connectivity index (χ1v) is 7.41. The lowest BCUT2D eigenvalue weighted by atomic mass is 10.0. The molecule has 0 aliphatic rings. The van der Waals surface area contributed by atoms with Crippen LogP contribution in [0.4, 0.5) is 11.4 Å². The van der Waals surface area contributed by atoms with Crippen molar-refractivity contribution in [3.63, 3.8) is 0 Å². The number of benzene rings is 2. The number of aromatic carboxylic acids is 1. The van der Waals surface area contributed by atoms with Gasteiger partial charge in [0.05, 0.1) is 11.5 Å². The summed E-state index contributed by atoms with van der Waals surface area (Å²) < 4.78 is 0. The number of pyridine rings is 1. The second kappa shape index (κ2) is 5.72. The molecule has 0 radical (unpaired) electrons. The topological polar surface area (TPSA) is 65.0 Å². The van der Waals surface area contributed by atoms with Crippen LogP contribution in [0.2, 0.25) is 0 Å². The van der Waals surface area contributed by atoms with Gasteiger partial charge in [-0.2, -0.15) is 0 Å². The molecule has 2 aromatic carbocycles. The number of hydrogen-bond acceptors (Lipinski definition) is 4. The average Bonchev–Trinajstić information content (AvgIpc) is 2.49. The highest BCUT2D eigenvalue weighted by molar-refractivity contribution is 5.96. The van der Waals surface area contributed by atoms with Gasteiger partial charge in [0.25, 0.3) is 0 Å². The van der Waals surface area contributed by atoms with Gasteiger partial charge in [0.15, 0.2) is 0 Å². The zero-order valence-electron chi connectivity index (χ0n) is 13.3. The van der Waals surface area contributed by atoms with Crippen LogP contribution in [0.25, 0.3) is 10.9 Å². The van der Waals surface area contributed by atoms with Crippen LogP contribution in [-0.4, -0.2) is 11.0 Å². The molecule has 23 heavy (non-hydrogen) atoms. The Labute approximate surface area is 134 Å². The molecule has 0 saturated heterocycles. The molecule has 3 rings (SSSR count). The molecule has 1 N–H and O–H groups in total. The van der Waals surface area contributed by atoms with Crippen molar-refractivity contribution in [2.75, 3.05) is 5.32 Å². The second-order valence-electron chi connectivity index (χ2n) is 5.78. The highest BCUT2D eigenvalue weighted by Gasteiger charge is 2.08. The lowest BCUT2D eigenvalue weighted by Crippen LogP contribution is -2.22. The first-order chi connectivity index (χ1) is 10.9. The van der Waals surface area contributed by atoms with Gasteiger partial charge in [-0.05, 0) is 56.2 Å². The molecule has 4 nitrogen and oxygen atoms in total. The van der Waals surface area contributed by atoms with Gasteiger partial charge in [-0.3, -0.25) is 4.98 Å². The number of hydrogen-bond donors (Lipinski definition) is 1. The van der Waals surface area contributed by atoms with Crippen molar-refractivity contribution in [3.8, 4) is 0 Å². The van der Waals surface area contributed by atoms with E-state index in [0.29, 0.717) is 5.69 Å². The Balaban J connectivity index is 2.13. The quantitative estimate of drug-likeness (QED) is 0.806. The number of fused-ring (bicyclic) bond motifs is 1. The van der Waals surface area contributed by atoms with Gasteiger partial charge in [-0.1, -0.05) is 23.8 Å². The average molecular weight is 305 g/mol. The van der Waals surface area contributed by atoms with Crippen molar-refractivity contribution < 1.29 is 9.90 Å². The lowest BCUT2D eigenvalue weighted by molar-refractivity contribution is -0.255. The van der Waals surface area contributed by atoms with Crippen LogP contribution >= 0.6 is 0 Å². The largest absolute Gasteiger partial charge is 0.545 e. The summed E-state index contributed by atoms with van der Waals surface area (Å²) in [7, 11) is 0. The number of carboxylic acids is 1. The van der Waals surface area contributed by atoms with E-state index >= 15 is 0 Å². The molecule has 0 saturated carbocycles. The molecule has 0 atom stereocenters. The molecule has 0 aliphatic heterocycles. The first-order valence-electron chi connectivity index (χ1n) is 7.41. The van der Waals surface area contributed by atoms with Gasteiger partial charge in [0, 0.05) is 22.5 Å². The van der Waals surface area contributed by atoms with Crippen molar-refractivity contribution in [1.82, 2.24) is 4.98 Å². The number of rotatable bonds is 3. The molecule has 4 heteroatoms. The monoisotopic (exact) mass is 305 g/mol. The third kappa shape index (κ3) is 3.01. The minimum Gasteiger partial charge on any atom is -0.545 e. The Morgan fingerprint density at radius 3 is 2.61 bits per heavy atom. The summed E-state index contributed by atoms with van der Waals surface area (Å²) in [5.74, 6) is -1.18. The molecule has 0 unspecified atom stereocenters. The van der Waals surface area contributed by atoms with Crippen LogP contribution in [0.3, 0.4) is 0 Å². The highest BCUT2D eigenvalue weighted by atomic mass is 16.4. The Bertz CT molecular complexity index is 917. The minimum atomic E-state index is -1.18. The summed E-state index contributed by atoms with van der Waals surface area (Å²) in [6.07, 6.45) is 0. The van der Waals surface area contributed by atoms with Gasteiger partial charge in [0.2, 0.25) is 0 Å². The van der Waals surface area contributed by atoms with Gasteiger partial charge in [-0.25, -0.2) is 0 Å². The zero-order chi connectivity index (χ0) is 16.6. The molecule has 1 aromatic heterocycles. The number of anilines is 2. The number of nitrogens with one attached hydrogen (secondary N) is 1. The summed E-state index contributed by atoms with van der Waals surface area (Å²) in [6, 6.07) is 12.8. The fraction of sp³-hybridized carbons (Fsp3) is 0.158. The maximum atomic E-state index is 11.0. The van der Waals surface area contributed by atoms with Crippen molar-refractivity contribution >= 4 is 28.2 Å². The van der Waals surface area contributed by atoms with E-state index in [1.807, 2.05) is 32.9 Å². The van der Waals surface area contributed by atoms with E-state index in [0.717, 1.165) is 33.4 Å². The van der Waals surface area contributed by atoms with Gasteiger partial charge >= 0.3 is 0 Å². The van der Waals surface area contributed by atoms with Crippen LogP contribution in [0, 0.1) is 20.8 Å². The van der Waals surface area contributed by atoms with Crippen LogP contribution in [0.5, 0.6) is 0 Å². The number of nitrogens with zero attached hydrogens (tertiary/aromatic N) is 1. The minimum absolute atomic E-state index is 0.150. The molecule has 0 spiro atoms. The zero-order valence-corrected chi connectivity index (χ0v) is 13.3. The number of aromatic nitrogens is 1. The van der Waals surface area contributed by atoms with Crippen molar-refractivity contribution in [1.29, 1.82) is 0 Å². The fourth-order valence-corrected chi connectivity index (χ4v) is 2.79. The SMILES string of the molecule is Cc1cc(C)c2nc(C)cc(Nc3cccc(C(=O)[O-])c3)c2c1. The summed E-state index contributed by atoms with van der Waals surface area (Å²) in [5.41, 5.74) is 5.91. The van der Waals surface area contributed by atoms with E-state index in [9.17, 15) is 9.90 Å². The van der Waals surface area contributed by atoms with E-state index in [4.69, 9.17) is 0 Å². The summed E-state index contributed by atoms with van der Waals surface area (Å²) >= 11 is 0. The molecule has 0 amide bonds. The van der Waals surface area contributed by atoms with Crippen LogP contribution in [0.15, 0.2) is 42.5 Å². The number of carboxylic acid groups (broad SMARTS) is 1. The van der Waals surface area contributed by atoms with Crippen LogP contribution in [-0.2, 0) is 0 Å². The standard InChI is InChI=1S/C19H18N2O2/c1-11-7-12(2)18-16(8-11)17(9-13(3)20-18)21-15-6-4-5-14(10-15)19(22)23/h4-10H,1-3H3,(H,20,21)(H,22,23)/p-1. The molecule has 3 aromatic rings. The predicted octanol–water partition coefficient (Wildman–Crippen LogP) is 3.27.